The van der Waals surface area contributed by atoms with Crippen LogP contribution in [0.3, 0.4) is 0 Å². The lowest BCUT2D eigenvalue weighted by Gasteiger charge is -2.25. The lowest BCUT2D eigenvalue weighted by molar-refractivity contribution is 0.0954. The van der Waals surface area contributed by atoms with Crippen molar-refractivity contribution < 1.29 is 22.7 Å². The van der Waals surface area contributed by atoms with E-state index in [-0.39, 0.29) is 19.0 Å². The molecule has 2 aromatic rings. The van der Waals surface area contributed by atoms with E-state index in [4.69, 9.17) is 9.47 Å². The van der Waals surface area contributed by atoms with Crippen molar-refractivity contribution in [3.8, 4) is 11.5 Å². The van der Waals surface area contributed by atoms with Crippen LogP contribution in [0, 0.1) is 6.92 Å². The molecule has 0 fully saturated rings. The molecule has 1 aliphatic rings. The molecule has 2 aromatic carbocycles. The summed E-state index contributed by atoms with van der Waals surface area (Å²) in [6.45, 7) is 3.07. The predicted molar refractivity (Wildman–Crippen MR) is 103 cm³/mol. The topological polar surface area (TPSA) is 84.9 Å². The number of carbonyl (C=O) groups excluding carboxylic acids is 1. The Morgan fingerprint density at radius 1 is 1.11 bits per heavy atom. The van der Waals surface area contributed by atoms with E-state index < -0.39 is 10.0 Å². The van der Waals surface area contributed by atoms with Crippen LogP contribution in [0.15, 0.2) is 42.5 Å². The number of hydrogen-bond acceptors (Lipinski definition) is 5. The fourth-order valence-electron chi connectivity index (χ4n) is 2.83. The number of hydrogen-bond donors (Lipinski definition) is 1. The molecule has 0 saturated heterocycles. The van der Waals surface area contributed by atoms with E-state index in [0.29, 0.717) is 36.0 Å². The predicted octanol–water partition coefficient (Wildman–Crippen LogP) is 1.96. The highest BCUT2D eigenvalue weighted by molar-refractivity contribution is 7.92. The van der Waals surface area contributed by atoms with Crippen LogP contribution in [0.4, 0.5) is 5.69 Å². The lowest BCUT2D eigenvalue weighted by Crippen LogP contribution is -2.38. The van der Waals surface area contributed by atoms with E-state index in [2.05, 4.69) is 5.32 Å². The highest BCUT2D eigenvalue weighted by atomic mass is 32.2. The zero-order valence-electron chi connectivity index (χ0n) is 15.3. The number of carbonyl (C=O) groups is 1. The number of benzene rings is 2. The Morgan fingerprint density at radius 3 is 2.56 bits per heavy atom. The molecule has 7 nitrogen and oxygen atoms in total. The van der Waals surface area contributed by atoms with Crippen LogP contribution in [-0.4, -0.2) is 46.9 Å². The Labute approximate surface area is 158 Å². The molecule has 0 saturated carbocycles. The molecule has 1 heterocycles. The summed E-state index contributed by atoms with van der Waals surface area (Å²) in [6, 6.07) is 12.2. The summed E-state index contributed by atoms with van der Waals surface area (Å²) in [6.07, 6.45) is 1.13. The van der Waals surface area contributed by atoms with Crippen LogP contribution < -0.4 is 19.1 Å². The third kappa shape index (κ3) is 4.71. The summed E-state index contributed by atoms with van der Waals surface area (Å²) in [5.74, 6) is 0.858. The second-order valence-electron chi connectivity index (χ2n) is 6.29. The van der Waals surface area contributed by atoms with Gasteiger partial charge in [0, 0.05) is 18.2 Å². The Hall–Kier alpha value is -2.74. The van der Waals surface area contributed by atoms with Gasteiger partial charge in [-0.1, -0.05) is 17.7 Å². The average Bonchev–Trinajstić information content (AvgIpc) is 2.63. The van der Waals surface area contributed by atoms with Gasteiger partial charge in [-0.15, -0.1) is 0 Å². The van der Waals surface area contributed by atoms with E-state index in [1.807, 2.05) is 19.1 Å². The lowest BCUT2D eigenvalue weighted by atomic mass is 10.1. The second-order valence-corrected chi connectivity index (χ2v) is 8.20. The van der Waals surface area contributed by atoms with Crippen molar-refractivity contribution in [3.63, 3.8) is 0 Å². The third-order valence-electron chi connectivity index (χ3n) is 4.09. The minimum absolute atomic E-state index is 0.107. The van der Waals surface area contributed by atoms with E-state index in [0.717, 1.165) is 11.8 Å². The van der Waals surface area contributed by atoms with Gasteiger partial charge in [0.2, 0.25) is 10.0 Å². The SMILES string of the molecule is Cc1cccc(C(=O)NCCN(c2ccc3c(c2)OCCO3)S(C)(=O)=O)c1. The van der Waals surface area contributed by atoms with E-state index in [1.54, 1.807) is 30.3 Å². The second kappa shape index (κ2) is 7.87. The number of ether oxygens (including phenoxy) is 2. The molecule has 0 radical (unpaired) electrons. The molecule has 1 N–H and O–H groups in total. The molecule has 144 valence electrons. The summed E-state index contributed by atoms with van der Waals surface area (Å²) >= 11 is 0. The van der Waals surface area contributed by atoms with E-state index in [9.17, 15) is 13.2 Å². The molecular weight excluding hydrogens is 368 g/mol. The Kier molecular flexibility index (Phi) is 5.55. The van der Waals surface area contributed by atoms with Crippen molar-refractivity contribution >= 4 is 21.6 Å². The van der Waals surface area contributed by atoms with Gasteiger partial charge >= 0.3 is 0 Å². The van der Waals surface area contributed by atoms with Gasteiger partial charge in [-0.25, -0.2) is 8.42 Å². The highest BCUT2D eigenvalue weighted by Gasteiger charge is 2.21. The van der Waals surface area contributed by atoms with Crippen molar-refractivity contribution in [1.29, 1.82) is 0 Å². The number of nitrogens with zero attached hydrogens (tertiary/aromatic N) is 1. The zero-order chi connectivity index (χ0) is 19.4. The molecule has 0 bridgehead atoms. The van der Waals surface area contributed by atoms with E-state index in [1.165, 1.54) is 4.31 Å². The van der Waals surface area contributed by atoms with Crippen LogP contribution in [-0.2, 0) is 10.0 Å². The number of amides is 1. The van der Waals surface area contributed by atoms with Gasteiger partial charge in [-0.2, -0.15) is 0 Å². The van der Waals surface area contributed by atoms with Crippen molar-refractivity contribution in [3.05, 3.63) is 53.6 Å². The monoisotopic (exact) mass is 390 g/mol. The molecule has 8 heteroatoms. The maximum Gasteiger partial charge on any atom is 0.251 e. The van der Waals surface area contributed by atoms with Crippen molar-refractivity contribution in [1.82, 2.24) is 5.32 Å². The minimum Gasteiger partial charge on any atom is -0.486 e. The number of anilines is 1. The van der Waals surface area contributed by atoms with Gasteiger partial charge in [0.05, 0.1) is 18.5 Å². The number of rotatable bonds is 6. The van der Waals surface area contributed by atoms with Crippen molar-refractivity contribution in [2.24, 2.45) is 0 Å². The van der Waals surface area contributed by atoms with Gasteiger partial charge in [-0.05, 0) is 31.2 Å². The maximum absolute atomic E-state index is 12.2. The summed E-state index contributed by atoms with van der Waals surface area (Å²) in [4.78, 5) is 12.2. The Bertz CT molecular complexity index is 943. The molecule has 0 unspecified atom stereocenters. The van der Waals surface area contributed by atoms with E-state index >= 15 is 0 Å². The first-order valence-corrected chi connectivity index (χ1v) is 10.4. The van der Waals surface area contributed by atoms with Gasteiger partial charge in [0.1, 0.15) is 13.2 Å². The van der Waals surface area contributed by atoms with Gasteiger partial charge in [-0.3, -0.25) is 9.10 Å². The quantitative estimate of drug-likeness (QED) is 0.815. The summed E-state index contributed by atoms with van der Waals surface area (Å²) < 4.78 is 36.7. The molecule has 27 heavy (non-hydrogen) atoms. The Balaban J connectivity index is 1.70. The molecule has 0 spiro atoms. The first-order chi connectivity index (χ1) is 12.8. The average molecular weight is 390 g/mol. The highest BCUT2D eigenvalue weighted by Crippen LogP contribution is 2.34. The number of fused-ring (bicyclic) bond motifs is 1. The van der Waals surface area contributed by atoms with Crippen LogP contribution >= 0.6 is 0 Å². The first-order valence-electron chi connectivity index (χ1n) is 8.57. The normalized spacial score (nSPS) is 13.1. The van der Waals surface area contributed by atoms with Crippen LogP contribution in [0.2, 0.25) is 0 Å². The molecule has 1 amide bonds. The molecule has 0 aliphatic carbocycles. The first kappa shape index (κ1) is 19.0. The summed E-state index contributed by atoms with van der Waals surface area (Å²) in [5, 5.41) is 2.76. The molecular formula is C19H22N2O5S. The fraction of sp³-hybridized carbons (Fsp3) is 0.316. The maximum atomic E-state index is 12.2. The molecule has 1 aliphatic heterocycles. The molecule has 0 atom stereocenters. The smallest absolute Gasteiger partial charge is 0.251 e. The van der Waals surface area contributed by atoms with Crippen LogP contribution in [0.1, 0.15) is 15.9 Å². The number of sulfonamides is 1. The Morgan fingerprint density at radius 2 is 1.85 bits per heavy atom. The van der Waals surface area contributed by atoms with Crippen LogP contribution in [0.5, 0.6) is 11.5 Å². The fourth-order valence-corrected chi connectivity index (χ4v) is 3.75. The molecule has 0 aromatic heterocycles. The summed E-state index contributed by atoms with van der Waals surface area (Å²) in [5.41, 5.74) is 1.99. The zero-order valence-corrected chi connectivity index (χ0v) is 16.1. The number of aryl methyl sites for hydroxylation is 1. The van der Waals surface area contributed by atoms with Gasteiger partial charge < -0.3 is 14.8 Å². The third-order valence-corrected chi connectivity index (χ3v) is 5.29. The minimum atomic E-state index is -3.53. The standard InChI is InChI=1S/C19H22N2O5S/c1-14-4-3-5-15(12-14)19(22)20-8-9-21(27(2,23)24)16-6-7-17-18(13-16)26-11-10-25-17/h3-7,12-13H,8-11H2,1-2H3,(H,20,22). The molecule has 3 rings (SSSR count). The van der Waals surface area contributed by atoms with Gasteiger partial charge in [0.15, 0.2) is 11.5 Å². The number of nitrogens with one attached hydrogen (secondary N) is 1. The van der Waals surface area contributed by atoms with Crippen molar-refractivity contribution in [2.45, 2.75) is 6.92 Å². The summed E-state index contributed by atoms with van der Waals surface area (Å²) in [7, 11) is -3.53. The van der Waals surface area contributed by atoms with Gasteiger partial charge in [0.25, 0.3) is 5.91 Å². The van der Waals surface area contributed by atoms with Crippen LogP contribution in [0.25, 0.3) is 0 Å². The largest absolute Gasteiger partial charge is 0.486 e. The van der Waals surface area contributed by atoms with Crippen molar-refractivity contribution in [2.75, 3.05) is 36.9 Å².